The predicted octanol–water partition coefficient (Wildman–Crippen LogP) is 0.141. The molecule has 2 rings (SSSR count). The van der Waals surface area contributed by atoms with Crippen LogP contribution in [0.25, 0.3) is 0 Å². The number of likely N-dealkylation sites (tertiary alicyclic amines) is 1. The second kappa shape index (κ2) is 4.48. The molecule has 1 aliphatic heterocycles. The number of hydrogen-bond donors (Lipinski definition) is 3. The van der Waals surface area contributed by atoms with E-state index in [1.54, 1.807) is 0 Å². The molecule has 1 aromatic rings. The van der Waals surface area contributed by atoms with Gasteiger partial charge < -0.3 is 16.0 Å². The van der Waals surface area contributed by atoms with Gasteiger partial charge in [0.2, 0.25) is 11.9 Å². The van der Waals surface area contributed by atoms with Gasteiger partial charge in [-0.25, -0.2) is 5.10 Å². The Morgan fingerprint density at radius 3 is 2.87 bits per heavy atom. The third kappa shape index (κ3) is 2.82. The molecule has 84 valence electrons. The maximum absolute atomic E-state index is 5.43. The van der Waals surface area contributed by atoms with E-state index in [9.17, 15) is 0 Å². The van der Waals surface area contributed by atoms with Crippen molar-refractivity contribution >= 4 is 11.9 Å². The number of rotatable bonds is 3. The maximum Gasteiger partial charge on any atom is 0.243 e. The van der Waals surface area contributed by atoms with E-state index < -0.39 is 0 Å². The first-order valence-electron chi connectivity index (χ1n) is 5.34. The number of H-pyrrole nitrogens is 1. The summed E-state index contributed by atoms with van der Waals surface area (Å²) in [6.07, 6.45) is 2.48. The lowest BCUT2D eigenvalue weighted by atomic mass is 9.97. The quantitative estimate of drug-likeness (QED) is 0.661. The summed E-state index contributed by atoms with van der Waals surface area (Å²) in [4.78, 5) is 6.36. The number of aromatic nitrogens is 3. The van der Waals surface area contributed by atoms with Gasteiger partial charge in [-0.05, 0) is 38.9 Å². The first-order valence-corrected chi connectivity index (χ1v) is 5.34. The van der Waals surface area contributed by atoms with Gasteiger partial charge in [-0.2, -0.15) is 4.98 Å². The van der Waals surface area contributed by atoms with Gasteiger partial charge in [-0.1, -0.05) is 0 Å². The molecule has 0 atom stereocenters. The third-order valence-corrected chi connectivity index (χ3v) is 2.89. The summed E-state index contributed by atoms with van der Waals surface area (Å²) in [6, 6.07) is 0. The van der Waals surface area contributed by atoms with E-state index in [1.165, 1.54) is 25.9 Å². The molecule has 1 fully saturated rings. The molecule has 0 aliphatic carbocycles. The van der Waals surface area contributed by atoms with Crippen molar-refractivity contribution < 1.29 is 0 Å². The van der Waals surface area contributed by atoms with Crippen molar-refractivity contribution in [3.8, 4) is 0 Å². The van der Waals surface area contributed by atoms with Crippen LogP contribution in [-0.2, 0) is 0 Å². The molecule has 6 nitrogen and oxygen atoms in total. The van der Waals surface area contributed by atoms with Crippen LogP contribution in [0.15, 0.2) is 0 Å². The Bertz CT molecular complexity index is 301. The van der Waals surface area contributed by atoms with Crippen molar-refractivity contribution in [3.05, 3.63) is 0 Å². The van der Waals surface area contributed by atoms with Crippen LogP contribution in [-0.4, -0.2) is 46.8 Å². The summed E-state index contributed by atoms with van der Waals surface area (Å²) in [5.74, 6) is 1.69. The molecule has 0 unspecified atom stereocenters. The smallest absolute Gasteiger partial charge is 0.243 e. The zero-order chi connectivity index (χ0) is 10.7. The number of piperidine rings is 1. The molecule has 1 aliphatic rings. The number of nitrogens with one attached hydrogen (secondary N) is 2. The molecule has 4 N–H and O–H groups in total. The summed E-state index contributed by atoms with van der Waals surface area (Å²) >= 11 is 0. The van der Waals surface area contributed by atoms with Gasteiger partial charge in [0.25, 0.3) is 0 Å². The van der Waals surface area contributed by atoms with Crippen molar-refractivity contribution in [1.29, 1.82) is 0 Å². The fourth-order valence-corrected chi connectivity index (χ4v) is 1.86. The van der Waals surface area contributed by atoms with Gasteiger partial charge in [-0.15, -0.1) is 5.10 Å². The SMILES string of the molecule is CN1CCC(CNc2n[nH]c(N)n2)CC1. The van der Waals surface area contributed by atoms with E-state index in [2.05, 4.69) is 32.4 Å². The van der Waals surface area contributed by atoms with Crippen LogP contribution >= 0.6 is 0 Å². The van der Waals surface area contributed by atoms with Crippen molar-refractivity contribution in [1.82, 2.24) is 20.1 Å². The molecule has 6 heteroatoms. The zero-order valence-corrected chi connectivity index (χ0v) is 9.03. The average molecular weight is 210 g/mol. The molecule has 15 heavy (non-hydrogen) atoms. The molecule has 0 bridgehead atoms. The molecular formula is C9H18N6. The van der Waals surface area contributed by atoms with Crippen LogP contribution < -0.4 is 11.1 Å². The van der Waals surface area contributed by atoms with Gasteiger partial charge in [0.05, 0.1) is 0 Å². The molecule has 2 heterocycles. The van der Waals surface area contributed by atoms with Gasteiger partial charge >= 0.3 is 0 Å². The number of hydrogen-bond acceptors (Lipinski definition) is 5. The van der Waals surface area contributed by atoms with Gasteiger partial charge in [0, 0.05) is 6.54 Å². The van der Waals surface area contributed by atoms with Crippen LogP contribution in [0, 0.1) is 5.92 Å². The van der Waals surface area contributed by atoms with E-state index in [0.717, 1.165) is 12.5 Å². The third-order valence-electron chi connectivity index (χ3n) is 2.89. The van der Waals surface area contributed by atoms with E-state index in [4.69, 9.17) is 5.73 Å². The van der Waals surface area contributed by atoms with Gasteiger partial charge in [0.1, 0.15) is 0 Å². The van der Waals surface area contributed by atoms with Crippen molar-refractivity contribution in [2.45, 2.75) is 12.8 Å². The summed E-state index contributed by atoms with van der Waals surface area (Å²) in [7, 11) is 2.17. The van der Waals surface area contributed by atoms with Gasteiger partial charge in [-0.3, -0.25) is 0 Å². The molecule has 0 amide bonds. The van der Waals surface area contributed by atoms with Crippen molar-refractivity contribution in [3.63, 3.8) is 0 Å². The summed E-state index contributed by atoms with van der Waals surface area (Å²) in [5.41, 5.74) is 5.43. The Labute approximate surface area is 89.2 Å². The Morgan fingerprint density at radius 1 is 1.53 bits per heavy atom. The minimum absolute atomic E-state index is 0.362. The number of nitrogens with two attached hydrogens (primary N) is 1. The van der Waals surface area contributed by atoms with E-state index >= 15 is 0 Å². The van der Waals surface area contributed by atoms with Crippen LogP contribution in [0.3, 0.4) is 0 Å². The maximum atomic E-state index is 5.43. The van der Waals surface area contributed by atoms with E-state index in [0.29, 0.717) is 11.9 Å². The van der Waals surface area contributed by atoms with Crippen LogP contribution in [0.4, 0.5) is 11.9 Å². The largest absolute Gasteiger partial charge is 0.368 e. The number of aromatic amines is 1. The Kier molecular flexibility index (Phi) is 3.05. The molecule has 1 saturated heterocycles. The fraction of sp³-hybridized carbons (Fsp3) is 0.778. The summed E-state index contributed by atoms with van der Waals surface area (Å²) in [6.45, 7) is 3.30. The second-order valence-electron chi connectivity index (χ2n) is 4.17. The molecule has 1 aromatic heterocycles. The Morgan fingerprint density at radius 2 is 2.27 bits per heavy atom. The zero-order valence-electron chi connectivity index (χ0n) is 9.03. The molecular weight excluding hydrogens is 192 g/mol. The highest BCUT2D eigenvalue weighted by atomic mass is 15.3. The predicted molar refractivity (Wildman–Crippen MR) is 59.5 cm³/mol. The number of nitrogen functional groups attached to an aromatic ring is 1. The first kappa shape index (κ1) is 10.2. The highest BCUT2D eigenvalue weighted by Gasteiger charge is 2.16. The molecule has 0 radical (unpaired) electrons. The number of nitrogens with zero attached hydrogens (tertiary/aromatic N) is 3. The second-order valence-corrected chi connectivity index (χ2v) is 4.17. The van der Waals surface area contributed by atoms with Crippen molar-refractivity contribution in [2.75, 3.05) is 37.7 Å². The number of anilines is 2. The summed E-state index contributed by atoms with van der Waals surface area (Å²) < 4.78 is 0. The highest BCUT2D eigenvalue weighted by Crippen LogP contribution is 2.16. The standard InChI is InChI=1S/C9H18N6/c1-15-4-2-7(3-5-15)6-11-9-12-8(10)13-14-9/h7H,2-6H2,1H3,(H4,10,11,12,13,14). The lowest BCUT2D eigenvalue weighted by Crippen LogP contribution is -2.33. The monoisotopic (exact) mass is 210 g/mol. The fourth-order valence-electron chi connectivity index (χ4n) is 1.86. The Balaban J connectivity index is 1.74. The van der Waals surface area contributed by atoms with E-state index in [-0.39, 0.29) is 0 Å². The normalized spacial score (nSPS) is 19.3. The minimum Gasteiger partial charge on any atom is -0.368 e. The van der Waals surface area contributed by atoms with Crippen molar-refractivity contribution in [2.24, 2.45) is 5.92 Å². The topological polar surface area (TPSA) is 82.9 Å². The van der Waals surface area contributed by atoms with Crippen LogP contribution in [0.5, 0.6) is 0 Å². The summed E-state index contributed by atoms with van der Waals surface area (Å²) in [5, 5.41) is 9.74. The lowest BCUT2D eigenvalue weighted by Gasteiger charge is -2.28. The van der Waals surface area contributed by atoms with Crippen LogP contribution in [0.2, 0.25) is 0 Å². The molecule has 0 saturated carbocycles. The highest BCUT2D eigenvalue weighted by molar-refractivity contribution is 5.29. The lowest BCUT2D eigenvalue weighted by molar-refractivity contribution is 0.226. The Hall–Kier alpha value is -1.30. The van der Waals surface area contributed by atoms with Crippen LogP contribution in [0.1, 0.15) is 12.8 Å². The average Bonchev–Trinajstić information content (AvgIpc) is 2.64. The van der Waals surface area contributed by atoms with Gasteiger partial charge in [0.15, 0.2) is 0 Å². The first-order chi connectivity index (χ1) is 7.24. The molecule has 0 spiro atoms. The molecule has 0 aromatic carbocycles. The minimum atomic E-state index is 0.362. The van der Waals surface area contributed by atoms with E-state index in [1.807, 2.05) is 0 Å².